The zero-order valence-electron chi connectivity index (χ0n) is 14.9. The molecule has 2 aromatic rings. The van der Waals surface area contributed by atoms with Crippen molar-refractivity contribution >= 4 is 29.2 Å². The van der Waals surface area contributed by atoms with Crippen LogP contribution in [0.3, 0.4) is 0 Å². The van der Waals surface area contributed by atoms with E-state index in [-0.39, 0.29) is 16.6 Å². The molecule has 0 unspecified atom stereocenters. The van der Waals surface area contributed by atoms with E-state index in [1.807, 2.05) is 0 Å². The molecule has 140 valence electrons. The van der Waals surface area contributed by atoms with Crippen LogP contribution >= 0.6 is 11.6 Å². The van der Waals surface area contributed by atoms with Crippen LogP contribution in [0.4, 0.5) is 5.69 Å². The van der Waals surface area contributed by atoms with Crippen LogP contribution in [0.5, 0.6) is 0 Å². The van der Waals surface area contributed by atoms with Gasteiger partial charge in [0.25, 0.3) is 11.5 Å². The Labute approximate surface area is 155 Å². The Morgan fingerprint density at radius 2 is 2.12 bits per heavy atom. The molecule has 0 fully saturated rings. The highest BCUT2D eigenvalue weighted by Gasteiger charge is 2.26. The van der Waals surface area contributed by atoms with E-state index in [4.69, 9.17) is 16.3 Å². The molecule has 2 rings (SSSR count). The van der Waals surface area contributed by atoms with Gasteiger partial charge in [-0.25, -0.2) is 4.79 Å². The number of hydrogen-bond acceptors (Lipinski definition) is 6. The number of amides is 1. The van der Waals surface area contributed by atoms with E-state index in [0.717, 1.165) is 0 Å². The molecule has 0 aliphatic heterocycles. The van der Waals surface area contributed by atoms with Crippen LogP contribution in [0.15, 0.2) is 33.7 Å². The van der Waals surface area contributed by atoms with Crippen molar-refractivity contribution in [2.45, 2.75) is 45.8 Å². The van der Waals surface area contributed by atoms with E-state index >= 15 is 0 Å². The molecule has 1 amide bonds. The van der Waals surface area contributed by atoms with Crippen LogP contribution in [0.2, 0.25) is 5.22 Å². The lowest BCUT2D eigenvalue weighted by Gasteiger charge is -2.24. The number of esters is 1. The van der Waals surface area contributed by atoms with Crippen molar-refractivity contribution in [3.8, 4) is 0 Å². The van der Waals surface area contributed by atoms with Gasteiger partial charge in [0.15, 0.2) is 5.69 Å². The van der Waals surface area contributed by atoms with Crippen LogP contribution < -0.4 is 10.9 Å². The first-order valence-electron chi connectivity index (χ1n) is 8.00. The predicted molar refractivity (Wildman–Crippen MR) is 95.3 cm³/mol. The monoisotopic (exact) mass is 381 g/mol. The minimum absolute atomic E-state index is 0.00127. The second kappa shape index (κ2) is 7.74. The van der Waals surface area contributed by atoms with E-state index in [9.17, 15) is 14.4 Å². The molecular formula is C17H20ClN3O5. The molecule has 1 atom stereocenters. The predicted octanol–water partition coefficient (Wildman–Crippen LogP) is 3.03. The molecule has 0 radical (unpaired) electrons. The van der Waals surface area contributed by atoms with Crippen molar-refractivity contribution in [2.75, 3.05) is 5.32 Å². The van der Waals surface area contributed by atoms with Crippen molar-refractivity contribution in [1.29, 1.82) is 0 Å². The Balaban J connectivity index is 2.28. The first-order chi connectivity index (χ1) is 12.1. The normalized spacial score (nSPS) is 12.5. The lowest BCUT2D eigenvalue weighted by atomic mass is 10.1. The lowest BCUT2D eigenvalue weighted by molar-refractivity contribution is -0.159. The molecule has 0 saturated carbocycles. The summed E-state index contributed by atoms with van der Waals surface area (Å²) in [7, 11) is 0. The molecule has 0 aromatic carbocycles. The van der Waals surface area contributed by atoms with Crippen molar-refractivity contribution in [3.63, 3.8) is 0 Å². The Bertz CT molecular complexity index is 866. The van der Waals surface area contributed by atoms with Gasteiger partial charge in [-0.3, -0.25) is 14.2 Å². The van der Waals surface area contributed by atoms with Gasteiger partial charge in [-0.2, -0.15) is 0 Å². The third-order valence-corrected chi connectivity index (χ3v) is 3.52. The largest absolute Gasteiger partial charge is 0.458 e. The van der Waals surface area contributed by atoms with E-state index in [2.05, 4.69) is 15.0 Å². The van der Waals surface area contributed by atoms with Crippen LogP contribution in [0.1, 0.15) is 50.6 Å². The summed E-state index contributed by atoms with van der Waals surface area (Å²) < 4.78 is 11.2. The molecular weight excluding hydrogens is 362 g/mol. The topological polar surface area (TPSA) is 103 Å². The Hall–Kier alpha value is -2.61. The fourth-order valence-corrected chi connectivity index (χ4v) is 2.38. The fourth-order valence-electron chi connectivity index (χ4n) is 2.24. The summed E-state index contributed by atoms with van der Waals surface area (Å²) in [6.45, 7) is 7.02. The number of aromatic nitrogens is 2. The van der Waals surface area contributed by atoms with Gasteiger partial charge in [-0.05, 0) is 50.9 Å². The number of ether oxygens (including phenoxy) is 1. The molecule has 0 spiro atoms. The molecule has 9 heteroatoms. The third kappa shape index (κ3) is 4.72. The molecule has 2 heterocycles. The lowest BCUT2D eigenvalue weighted by Crippen LogP contribution is -2.35. The summed E-state index contributed by atoms with van der Waals surface area (Å²) in [5.41, 5.74) is -1.28. The number of nitrogens with one attached hydrogen (secondary N) is 1. The van der Waals surface area contributed by atoms with Gasteiger partial charge in [-0.1, -0.05) is 12.1 Å². The van der Waals surface area contributed by atoms with Gasteiger partial charge in [0, 0.05) is 12.3 Å². The first kappa shape index (κ1) is 19.7. The third-order valence-electron chi connectivity index (χ3n) is 3.34. The molecule has 0 saturated heterocycles. The van der Waals surface area contributed by atoms with Gasteiger partial charge in [-0.15, -0.1) is 0 Å². The highest BCUT2D eigenvalue weighted by atomic mass is 35.5. The maximum atomic E-state index is 12.7. The first-order valence-corrected chi connectivity index (χ1v) is 8.37. The molecule has 0 aliphatic carbocycles. The number of hydrogen-bond donors (Lipinski definition) is 1. The molecule has 1 N–H and O–H groups in total. The van der Waals surface area contributed by atoms with E-state index < -0.39 is 29.1 Å². The number of rotatable bonds is 5. The van der Waals surface area contributed by atoms with E-state index in [0.29, 0.717) is 6.42 Å². The number of halogens is 1. The molecule has 0 aliphatic rings. The summed E-state index contributed by atoms with van der Waals surface area (Å²) in [6, 6.07) is 3.41. The number of carbonyl (C=O) groups excluding carboxylic acids is 2. The van der Waals surface area contributed by atoms with Crippen molar-refractivity contribution in [3.05, 3.63) is 45.7 Å². The highest BCUT2D eigenvalue weighted by Crippen LogP contribution is 2.18. The van der Waals surface area contributed by atoms with E-state index in [1.54, 1.807) is 33.8 Å². The van der Waals surface area contributed by atoms with Crippen LogP contribution in [-0.4, -0.2) is 27.2 Å². The van der Waals surface area contributed by atoms with Crippen molar-refractivity contribution in [1.82, 2.24) is 9.72 Å². The van der Waals surface area contributed by atoms with Gasteiger partial charge in [0.1, 0.15) is 17.3 Å². The second-order valence-corrected chi connectivity index (χ2v) is 6.93. The summed E-state index contributed by atoms with van der Waals surface area (Å²) in [6.07, 6.45) is 1.83. The summed E-state index contributed by atoms with van der Waals surface area (Å²) >= 11 is 5.59. The zero-order chi connectivity index (χ0) is 19.5. The summed E-state index contributed by atoms with van der Waals surface area (Å²) in [5, 5.41) is 5.88. The number of carbonyl (C=O) groups is 2. The van der Waals surface area contributed by atoms with Crippen molar-refractivity contribution < 1.29 is 18.8 Å². The minimum atomic E-state index is -0.805. The minimum Gasteiger partial charge on any atom is -0.458 e. The van der Waals surface area contributed by atoms with Gasteiger partial charge < -0.3 is 14.6 Å². The Morgan fingerprint density at radius 3 is 2.65 bits per heavy atom. The fraction of sp³-hybridized carbons (Fsp3) is 0.412. The van der Waals surface area contributed by atoms with Crippen LogP contribution in [0.25, 0.3) is 0 Å². The molecule has 0 bridgehead atoms. The number of nitrogens with zero attached hydrogens (tertiary/aromatic N) is 2. The van der Waals surface area contributed by atoms with Gasteiger partial charge >= 0.3 is 5.97 Å². The molecule has 26 heavy (non-hydrogen) atoms. The van der Waals surface area contributed by atoms with Gasteiger partial charge in [0.2, 0.25) is 5.22 Å². The average Bonchev–Trinajstić information content (AvgIpc) is 2.96. The average molecular weight is 382 g/mol. The standard InChI is InChI=1S/C17H20ClN3O5/c1-5-12(16(24)25-17(2,3)4)21-8-6-7-10(15(21)23)19-14(22)11-9-13(18)26-20-11/h6-9,12H,5H2,1-4H3,(H,19,22)/t12-/m0/s1. The quantitative estimate of drug-likeness (QED) is 0.798. The summed E-state index contributed by atoms with van der Waals surface area (Å²) in [5.74, 6) is -1.17. The number of pyridine rings is 1. The molecule has 2 aromatic heterocycles. The summed E-state index contributed by atoms with van der Waals surface area (Å²) in [4.78, 5) is 37.2. The van der Waals surface area contributed by atoms with E-state index in [1.165, 1.54) is 22.9 Å². The Morgan fingerprint density at radius 1 is 1.42 bits per heavy atom. The van der Waals surface area contributed by atoms with Crippen molar-refractivity contribution in [2.24, 2.45) is 0 Å². The maximum absolute atomic E-state index is 12.7. The number of anilines is 1. The van der Waals surface area contributed by atoms with Gasteiger partial charge in [0.05, 0.1) is 0 Å². The molecule has 8 nitrogen and oxygen atoms in total. The smallest absolute Gasteiger partial charge is 0.329 e. The maximum Gasteiger partial charge on any atom is 0.329 e. The highest BCUT2D eigenvalue weighted by molar-refractivity contribution is 6.29. The zero-order valence-corrected chi connectivity index (χ0v) is 15.7. The SMILES string of the molecule is CC[C@@H](C(=O)OC(C)(C)C)n1cccc(NC(=O)c2cc(Cl)on2)c1=O. The van der Waals surface area contributed by atoms with Crippen LogP contribution in [0, 0.1) is 0 Å². The Kier molecular flexibility index (Phi) is 5.86. The second-order valence-electron chi connectivity index (χ2n) is 6.56. The van der Waals surface area contributed by atoms with Crippen LogP contribution in [-0.2, 0) is 9.53 Å².